The molecule has 0 aliphatic heterocycles. The van der Waals surface area contributed by atoms with E-state index in [2.05, 4.69) is 31.2 Å². The van der Waals surface area contributed by atoms with Crippen LogP contribution in [0.15, 0.2) is 18.3 Å². The van der Waals surface area contributed by atoms with Crippen LogP contribution in [0.1, 0.15) is 32.8 Å². The van der Waals surface area contributed by atoms with Crippen molar-refractivity contribution in [1.82, 2.24) is 4.98 Å². The average molecular weight is 209 g/mol. The van der Waals surface area contributed by atoms with Gasteiger partial charge in [-0.2, -0.15) is 0 Å². The van der Waals surface area contributed by atoms with Crippen LogP contribution in [0.4, 0.5) is 5.82 Å². The number of rotatable bonds is 5. The van der Waals surface area contributed by atoms with Crippen LogP contribution in [0.5, 0.6) is 0 Å². The zero-order valence-electron chi connectivity index (χ0n) is 9.58. The summed E-state index contributed by atoms with van der Waals surface area (Å²) in [5.41, 5.74) is 3.50. The number of hydrogen-bond donors (Lipinski definition) is 2. The van der Waals surface area contributed by atoms with Gasteiger partial charge in [0.15, 0.2) is 0 Å². The van der Waals surface area contributed by atoms with Crippen LogP contribution in [0, 0.1) is 0 Å². The van der Waals surface area contributed by atoms with Gasteiger partial charge in [0.1, 0.15) is 5.82 Å². The molecule has 0 atom stereocenters. The summed E-state index contributed by atoms with van der Waals surface area (Å²) in [5.74, 6) is 5.93. The summed E-state index contributed by atoms with van der Waals surface area (Å²) < 4.78 is 5.77. The van der Waals surface area contributed by atoms with E-state index < -0.39 is 0 Å². The lowest BCUT2D eigenvalue weighted by Gasteiger charge is -2.23. The molecule has 4 nitrogen and oxygen atoms in total. The first-order chi connectivity index (χ1) is 7.07. The molecule has 1 rings (SSSR count). The van der Waals surface area contributed by atoms with E-state index in [0.29, 0.717) is 12.4 Å². The van der Waals surface area contributed by atoms with Gasteiger partial charge in [-0.3, -0.25) is 0 Å². The van der Waals surface area contributed by atoms with Crippen molar-refractivity contribution in [2.75, 3.05) is 5.43 Å². The Morgan fingerprint density at radius 3 is 2.87 bits per heavy atom. The fourth-order valence-electron chi connectivity index (χ4n) is 1.02. The highest BCUT2D eigenvalue weighted by molar-refractivity contribution is 5.35. The highest BCUT2D eigenvalue weighted by atomic mass is 16.5. The third-order valence-electron chi connectivity index (χ3n) is 2.45. The molecule has 0 unspecified atom stereocenters. The summed E-state index contributed by atoms with van der Waals surface area (Å²) in [6.45, 7) is 6.85. The maximum atomic E-state index is 5.77. The van der Waals surface area contributed by atoms with Gasteiger partial charge in [-0.15, -0.1) is 0 Å². The fourth-order valence-corrected chi connectivity index (χ4v) is 1.02. The van der Waals surface area contributed by atoms with Crippen molar-refractivity contribution in [2.24, 2.45) is 5.84 Å². The van der Waals surface area contributed by atoms with Gasteiger partial charge in [-0.1, -0.05) is 6.92 Å². The molecular weight excluding hydrogens is 190 g/mol. The van der Waals surface area contributed by atoms with Crippen molar-refractivity contribution in [2.45, 2.75) is 39.4 Å². The van der Waals surface area contributed by atoms with Crippen LogP contribution in [-0.4, -0.2) is 10.6 Å². The Morgan fingerprint density at radius 2 is 2.27 bits per heavy atom. The molecule has 0 radical (unpaired) electrons. The topological polar surface area (TPSA) is 60.2 Å². The molecule has 0 aliphatic rings. The maximum Gasteiger partial charge on any atom is 0.140 e. The molecule has 0 aromatic carbocycles. The summed E-state index contributed by atoms with van der Waals surface area (Å²) in [7, 11) is 0. The van der Waals surface area contributed by atoms with Gasteiger partial charge in [0.2, 0.25) is 0 Å². The summed E-state index contributed by atoms with van der Waals surface area (Å²) in [6.07, 6.45) is 2.70. The van der Waals surface area contributed by atoms with Crippen molar-refractivity contribution >= 4 is 5.82 Å². The summed E-state index contributed by atoms with van der Waals surface area (Å²) >= 11 is 0. The first-order valence-corrected chi connectivity index (χ1v) is 5.13. The van der Waals surface area contributed by atoms with E-state index in [-0.39, 0.29) is 5.60 Å². The highest BCUT2D eigenvalue weighted by Crippen LogP contribution is 2.17. The molecule has 0 fully saturated rings. The number of hydrogen-bond acceptors (Lipinski definition) is 4. The Labute approximate surface area is 90.8 Å². The molecule has 0 saturated carbocycles. The second-order valence-corrected chi connectivity index (χ2v) is 4.10. The average Bonchev–Trinajstić information content (AvgIpc) is 2.27. The molecule has 0 aliphatic carbocycles. The van der Waals surface area contributed by atoms with E-state index >= 15 is 0 Å². The second-order valence-electron chi connectivity index (χ2n) is 4.10. The van der Waals surface area contributed by atoms with Crippen LogP contribution in [0.3, 0.4) is 0 Å². The molecule has 0 bridgehead atoms. The van der Waals surface area contributed by atoms with Gasteiger partial charge in [-0.25, -0.2) is 10.8 Å². The number of nitrogens with one attached hydrogen (secondary N) is 1. The summed E-state index contributed by atoms with van der Waals surface area (Å²) in [4.78, 5) is 4.03. The van der Waals surface area contributed by atoms with Gasteiger partial charge >= 0.3 is 0 Å². The van der Waals surface area contributed by atoms with E-state index in [1.807, 2.05) is 12.1 Å². The Hall–Kier alpha value is -1.13. The molecule has 0 saturated heterocycles. The molecule has 4 heteroatoms. The molecule has 0 spiro atoms. The van der Waals surface area contributed by atoms with Gasteiger partial charge in [0.05, 0.1) is 12.2 Å². The van der Waals surface area contributed by atoms with Crippen molar-refractivity contribution < 1.29 is 4.74 Å². The number of nitrogens with zero attached hydrogens (tertiary/aromatic N) is 1. The molecule has 0 amide bonds. The largest absolute Gasteiger partial charge is 0.371 e. The van der Waals surface area contributed by atoms with Crippen LogP contribution in [-0.2, 0) is 11.3 Å². The predicted octanol–water partition coefficient (Wildman–Crippen LogP) is 2.07. The van der Waals surface area contributed by atoms with E-state index in [9.17, 15) is 0 Å². The standard InChI is InChI=1S/C11H19N3O/c1-4-11(2,3)15-8-9-5-6-13-10(7-9)14-12/h5-7H,4,8,12H2,1-3H3,(H,13,14). The van der Waals surface area contributed by atoms with Gasteiger partial charge in [0, 0.05) is 6.20 Å². The SMILES string of the molecule is CCC(C)(C)OCc1ccnc(NN)c1. The van der Waals surface area contributed by atoms with Crippen LogP contribution >= 0.6 is 0 Å². The van der Waals surface area contributed by atoms with Crippen molar-refractivity contribution in [3.8, 4) is 0 Å². The van der Waals surface area contributed by atoms with E-state index in [1.165, 1.54) is 0 Å². The number of anilines is 1. The minimum Gasteiger partial charge on any atom is -0.371 e. The lowest BCUT2D eigenvalue weighted by Crippen LogP contribution is -2.22. The number of pyridine rings is 1. The maximum absolute atomic E-state index is 5.77. The molecule has 1 aromatic rings. The first kappa shape index (κ1) is 11.9. The molecule has 3 N–H and O–H groups in total. The highest BCUT2D eigenvalue weighted by Gasteiger charge is 2.15. The lowest BCUT2D eigenvalue weighted by atomic mass is 10.1. The molecular formula is C11H19N3O. The number of ether oxygens (including phenoxy) is 1. The van der Waals surface area contributed by atoms with E-state index in [0.717, 1.165) is 12.0 Å². The van der Waals surface area contributed by atoms with E-state index in [1.54, 1.807) is 6.20 Å². The molecule has 1 aromatic heterocycles. The normalized spacial score (nSPS) is 11.5. The lowest BCUT2D eigenvalue weighted by molar-refractivity contribution is -0.0316. The Morgan fingerprint density at radius 1 is 1.53 bits per heavy atom. The minimum atomic E-state index is -0.0838. The van der Waals surface area contributed by atoms with Crippen molar-refractivity contribution in [3.63, 3.8) is 0 Å². The number of nitrogens with two attached hydrogens (primary N) is 1. The molecule has 1 heterocycles. The van der Waals surface area contributed by atoms with Crippen molar-refractivity contribution in [3.05, 3.63) is 23.9 Å². The minimum absolute atomic E-state index is 0.0838. The smallest absolute Gasteiger partial charge is 0.140 e. The van der Waals surface area contributed by atoms with Gasteiger partial charge in [0.25, 0.3) is 0 Å². The third-order valence-corrected chi connectivity index (χ3v) is 2.45. The van der Waals surface area contributed by atoms with Gasteiger partial charge in [-0.05, 0) is 38.0 Å². The second kappa shape index (κ2) is 5.09. The Kier molecular flexibility index (Phi) is 4.05. The zero-order valence-corrected chi connectivity index (χ0v) is 9.58. The van der Waals surface area contributed by atoms with Gasteiger partial charge < -0.3 is 10.2 Å². The number of aromatic nitrogens is 1. The van der Waals surface area contributed by atoms with E-state index in [4.69, 9.17) is 10.6 Å². The van der Waals surface area contributed by atoms with Crippen LogP contribution in [0.2, 0.25) is 0 Å². The molecule has 15 heavy (non-hydrogen) atoms. The number of hydrazine groups is 1. The van der Waals surface area contributed by atoms with Crippen LogP contribution < -0.4 is 11.3 Å². The van der Waals surface area contributed by atoms with Crippen LogP contribution in [0.25, 0.3) is 0 Å². The fraction of sp³-hybridized carbons (Fsp3) is 0.545. The summed E-state index contributed by atoms with van der Waals surface area (Å²) in [6, 6.07) is 3.80. The number of nitrogen functional groups attached to an aromatic ring is 1. The predicted molar refractivity (Wildman–Crippen MR) is 61.2 cm³/mol. The third kappa shape index (κ3) is 3.85. The monoisotopic (exact) mass is 209 g/mol. The summed E-state index contributed by atoms with van der Waals surface area (Å²) in [5, 5.41) is 0. The Bertz CT molecular complexity index is 312. The quantitative estimate of drug-likeness (QED) is 0.575. The first-order valence-electron chi connectivity index (χ1n) is 5.13. The zero-order chi connectivity index (χ0) is 11.3. The van der Waals surface area contributed by atoms with Crippen molar-refractivity contribution in [1.29, 1.82) is 0 Å². The molecule has 84 valence electrons. The Balaban J connectivity index is 2.57.